The average Bonchev–Trinajstić information content (AvgIpc) is 3.04. The maximum Gasteiger partial charge on any atom is 0.322 e. The highest BCUT2D eigenvalue weighted by atomic mass is 32.1. The van der Waals surface area contributed by atoms with Crippen molar-refractivity contribution in [2.24, 2.45) is 0 Å². The molecule has 0 bridgehead atoms. The van der Waals surface area contributed by atoms with Crippen LogP contribution in [0.3, 0.4) is 0 Å². The van der Waals surface area contributed by atoms with Gasteiger partial charge in [-0.25, -0.2) is 9.97 Å². The number of aromatic hydroxyl groups is 1. The topological polar surface area (TPSA) is 112 Å². The number of amides is 1. The van der Waals surface area contributed by atoms with Gasteiger partial charge in [0.05, 0.1) is 6.20 Å². The van der Waals surface area contributed by atoms with Gasteiger partial charge in [0.25, 0.3) is 5.91 Å². The Labute approximate surface area is 159 Å². The fourth-order valence-corrected chi connectivity index (χ4v) is 3.51. The monoisotopic (exact) mass is 385 g/mol. The Bertz CT molecular complexity index is 1020. The molecule has 0 fully saturated rings. The van der Waals surface area contributed by atoms with Gasteiger partial charge in [-0.3, -0.25) is 9.59 Å². The molecule has 0 aliphatic carbocycles. The standard InChI is InChI=1S/C19H19N3O4S/c1-19(2,3)11-6-4-10(5-7-11)18-22-12-8-20-14(15(25)16(12)27-18)17(26)21-9-13(23)24/h4-8,25H,9H2,1-3H3,(H,21,26)(H,23,24). The third-order valence-electron chi connectivity index (χ3n) is 4.02. The molecule has 140 valence electrons. The molecular weight excluding hydrogens is 366 g/mol. The number of rotatable bonds is 4. The maximum atomic E-state index is 12.0. The van der Waals surface area contributed by atoms with E-state index in [-0.39, 0.29) is 16.9 Å². The van der Waals surface area contributed by atoms with Crippen molar-refractivity contribution in [3.63, 3.8) is 0 Å². The van der Waals surface area contributed by atoms with Gasteiger partial charge in [0.15, 0.2) is 11.4 Å². The number of thiazole rings is 1. The van der Waals surface area contributed by atoms with Crippen molar-refractivity contribution >= 4 is 33.4 Å². The number of nitrogens with zero attached hydrogens (tertiary/aromatic N) is 2. The first-order chi connectivity index (χ1) is 12.7. The van der Waals surface area contributed by atoms with Crippen molar-refractivity contribution in [2.75, 3.05) is 6.54 Å². The molecule has 8 heteroatoms. The summed E-state index contributed by atoms with van der Waals surface area (Å²) in [7, 11) is 0. The third-order valence-corrected chi connectivity index (χ3v) is 5.15. The molecule has 0 radical (unpaired) electrons. The van der Waals surface area contributed by atoms with Gasteiger partial charge in [-0.05, 0) is 11.0 Å². The zero-order valence-corrected chi connectivity index (χ0v) is 15.9. The van der Waals surface area contributed by atoms with Crippen LogP contribution in [0, 0.1) is 0 Å². The van der Waals surface area contributed by atoms with Gasteiger partial charge in [0.1, 0.15) is 21.8 Å². The highest BCUT2D eigenvalue weighted by molar-refractivity contribution is 7.22. The Hall–Kier alpha value is -3.00. The molecule has 0 aliphatic rings. The number of fused-ring (bicyclic) bond motifs is 1. The van der Waals surface area contributed by atoms with Crippen LogP contribution in [0.5, 0.6) is 5.75 Å². The predicted octanol–water partition coefficient (Wildman–Crippen LogP) is 3.18. The number of hydrogen-bond donors (Lipinski definition) is 3. The van der Waals surface area contributed by atoms with Gasteiger partial charge in [0.2, 0.25) is 0 Å². The Morgan fingerprint density at radius 1 is 1.19 bits per heavy atom. The lowest BCUT2D eigenvalue weighted by atomic mass is 9.87. The number of hydrogen-bond acceptors (Lipinski definition) is 6. The van der Waals surface area contributed by atoms with E-state index < -0.39 is 18.4 Å². The van der Waals surface area contributed by atoms with Crippen molar-refractivity contribution < 1.29 is 19.8 Å². The largest absolute Gasteiger partial charge is 0.504 e. The predicted molar refractivity (Wildman–Crippen MR) is 103 cm³/mol. The summed E-state index contributed by atoms with van der Waals surface area (Å²) in [6, 6.07) is 8.04. The molecule has 27 heavy (non-hydrogen) atoms. The minimum Gasteiger partial charge on any atom is -0.504 e. The lowest BCUT2D eigenvalue weighted by molar-refractivity contribution is -0.135. The van der Waals surface area contributed by atoms with E-state index in [9.17, 15) is 14.7 Å². The van der Waals surface area contributed by atoms with E-state index in [0.29, 0.717) is 15.2 Å². The zero-order valence-electron chi connectivity index (χ0n) is 15.1. The summed E-state index contributed by atoms with van der Waals surface area (Å²) >= 11 is 1.25. The molecule has 3 aromatic rings. The highest BCUT2D eigenvalue weighted by Crippen LogP contribution is 2.37. The summed E-state index contributed by atoms with van der Waals surface area (Å²) in [6.45, 7) is 5.87. The number of benzene rings is 1. The van der Waals surface area contributed by atoms with Gasteiger partial charge in [-0.1, -0.05) is 45.0 Å². The van der Waals surface area contributed by atoms with Crippen LogP contribution >= 0.6 is 11.3 Å². The van der Waals surface area contributed by atoms with Gasteiger partial charge in [0, 0.05) is 5.56 Å². The van der Waals surface area contributed by atoms with Crippen LogP contribution in [-0.2, 0) is 10.2 Å². The summed E-state index contributed by atoms with van der Waals surface area (Å²) < 4.78 is 0.431. The molecular formula is C19H19N3O4S. The SMILES string of the molecule is CC(C)(C)c1ccc(-c2nc3cnc(C(=O)NCC(=O)O)c(O)c3s2)cc1. The van der Waals surface area contributed by atoms with Gasteiger partial charge in [-0.15, -0.1) is 11.3 Å². The number of carboxylic acid groups (broad SMARTS) is 1. The number of aliphatic carboxylic acids is 1. The van der Waals surface area contributed by atoms with E-state index in [1.165, 1.54) is 23.1 Å². The first-order valence-corrected chi connectivity index (χ1v) is 9.08. The van der Waals surface area contributed by atoms with Gasteiger partial charge < -0.3 is 15.5 Å². The van der Waals surface area contributed by atoms with Crippen LogP contribution in [0.4, 0.5) is 0 Å². The Balaban J connectivity index is 1.95. The number of carbonyl (C=O) groups excluding carboxylic acids is 1. The quantitative estimate of drug-likeness (QED) is 0.636. The van der Waals surface area contributed by atoms with E-state index in [0.717, 1.165) is 5.56 Å². The van der Waals surface area contributed by atoms with Crippen molar-refractivity contribution in [3.05, 3.63) is 41.7 Å². The Kier molecular flexibility index (Phi) is 4.84. The smallest absolute Gasteiger partial charge is 0.322 e. The van der Waals surface area contributed by atoms with Crippen molar-refractivity contribution in [1.82, 2.24) is 15.3 Å². The summed E-state index contributed by atoms with van der Waals surface area (Å²) in [6.07, 6.45) is 1.40. The van der Waals surface area contributed by atoms with Gasteiger partial charge >= 0.3 is 5.97 Å². The molecule has 0 saturated carbocycles. The molecule has 3 rings (SSSR count). The summed E-state index contributed by atoms with van der Waals surface area (Å²) in [5, 5.41) is 21.9. The molecule has 2 aromatic heterocycles. The fourth-order valence-electron chi connectivity index (χ4n) is 2.53. The highest BCUT2D eigenvalue weighted by Gasteiger charge is 2.20. The van der Waals surface area contributed by atoms with Crippen molar-refractivity contribution in [2.45, 2.75) is 26.2 Å². The summed E-state index contributed by atoms with van der Waals surface area (Å²) in [4.78, 5) is 31.0. The van der Waals surface area contributed by atoms with Crippen LogP contribution in [0.15, 0.2) is 30.5 Å². The van der Waals surface area contributed by atoms with Crippen molar-refractivity contribution in [3.8, 4) is 16.3 Å². The molecule has 1 aromatic carbocycles. The Morgan fingerprint density at radius 3 is 2.44 bits per heavy atom. The molecule has 3 N–H and O–H groups in total. The fraction of sp³-hybridized carbons (Fsp3) is 0.263. The van der Waals surface area contributed by atoms with Crippen LogP contribution in [0.25, 0.3) is 20.8 Å². The van der Waals surface area contributed by atoms with E-state index in [2.05, 4.69) is 36.1 Å². The van der Waals surface area contributed by atoms with E-state index >= 15 is 0 Å². The number of carbonyl (C=O) groups is 2. The van der Waals surface area contributed by atoms with Gasteiger partial charge in [-0.2, -0.15) is 0 Å². The number of nitrogens with one attached hydrogen (secondary N) is 1. The van der Waals surface area contributed by atoms with E-state index in [1.807, 2.05) is 24.3 Å². The van der Waals surface area contributed by atoms with Crippen LogP contribution in [-0.4, -0.2) is 38.6 Å². The number of pyridine rings is 1. The molecule has 1 amide bonds. The minimum absolute atomic E-state index is 0.0481. The molecule has 2 heterocycles. The minimum atomic E-state index is -1.18. The molecule has 0 aliphatic heterocycles. The van der Waals surface area contributed by atoms with E-state index in [1.54, 1.807) is 0 Å². The number of aromatic nitrogens is 2. The molecule has 0 spiro atoms. The second-order valence-corrected chi connectivity index (χ2v) is 8.09. The second-order valence-electron chi connectivity index (χ2n) is 7.09. The lowest BCUT2D eigenvalue weighted by Gasteiger charge is -2.18. The molecule has 0 saturated heterocycles. The first-order valence-electron chi connectivity index (χ1n) is 8.26. The van der Waals surface area contributed by atoms with Crippen molar-refractivity contribution in [1.29, 1.82) is 0 Å². The van der Waals surface area contributed by atoms with E-state index in [4.69, 9.17) is 5.11 Å². The summed E-state index contributed by atoms with van der Waals surface area (Å²) in [5.74, 6) is -2.23. The Morgan fingerprint density at radius 2 is 1.85 bits per heavy atom. The van der Waals surface area contributed by atoms with Crippen LogP contribution < -0.4 is 5.32 Å². The third kappa shape index (κ3) is 3.90. The molecule has 7 nitrogen and oxygen atoms in total. The second kappa shape index (κ2) is 6.96. The maximum absolute atomic E-state index is 12.0. The van der Waals surface area contributed by atoms with Crippen LogP contribution in [0.1, 0.15) is 36.8 Å². The first kappa shape index (κ1) is 18.8. The normalized spacial score (nSPS) is 11.5. The summed E-state index contributed by atoms with van der Waals surface area (Å²) in [5.41, 5.74) is 2.41. The lowest BCUT2D eigenvalue weighted by Crippen LogP contribution is -2.29. The van der Waals surface area contributed by atoms with Crippen LogP contribution in [0.2, 0.25) is 0 Å². The zero-order chi connectivity index (χ0) is 19.8. The average molecular weight is 385 g/mol. The number of carboxylic acids is 1. The molecule has 0 atom stereocenters. The molecule has 0 unspecified atom stereocenters.